The van der Waals surface area contributed by atoms with Gasteiger partial charge in [-0.15, -0.1) is 0 Å². The fourth-order valence-electron chi connectivity index (χ4n) is 2.82. The Labute approximate surface area is 68.6 Å². The summed E-state index contributed by atoms with van der Waals surface area (Å²) in [6.45, 7) is 0. The van der Waals surface area contributed by atoms with Crippen LogP contribution in [0.3, 0.4) is 0 Å². The molecule has 3 rings (SSSR count). The Bertz CT molecular complexity index is 217. The molecule has 3 fully saturated rings. The minimum absolute atomic E-state index is 0.0709. The van der Waals surface area contributed by atoms with Crippen molar-refractivity contribution in [2.45, 2.75) is 32.1 Å². The highest BCUT2D eigenvalue weighted by molar-refractivity contribution is 5.68. The van der Waals surface area contributed by atoms with Crippen LogP contribution in [0.1, 0.15) is 25.7 Å². The molecule has 0 saturated heterocycles. The maximum Gasteiger partial charge on any atom is 0.303 e. The number of halogens is 2. The smallest absolute Gasteiger partial charge is 0.303 e. The summed E-state index contributed by atoms with van der Waals surface area (Å²) < 4.78 is 24.5. The second kappa shape index (κ2) is 1.98. The summed E-state index contributed by atoms with van der Waals surface area (Å²) in [5.41, 5.74) is -1.03. The Morgan fingerprint density at radius 1 is 1.42 bits per heavy atom. The highest BCUT2D eigenvalue weighted by Gasteiger charge is 2.71. The van der Waals surface area contributed by atoms with Gasteiger partial charge < -0.3 is 5.11 Å². The summed E-state index contributed by atoms with van der Waals surface area (Å²) in [6, 6.07) is 0. The van der Waals surface area contributed by atoms with E-state index >= 15 is 0 Å². The van der Waals surface area contributed by atoms with E-state index in [1.54, 1.807) is 0 Å². The van der Waals surface area contributed by atoms with Gasteiger partial charge >= 0.3 is 5.97 Å². The van der Waals surface area contributed by atoms with Crippen molar-refractivity contribution in [3.8, 4) is 0 Å². The predicted molar refractivity (Wildman–Crippen MR) is 37.0 cm³/mol. The van der Waals surface area contributed by atoms with E-state index in [1.807, 2.05) is 0 Å². The number of carboxylic acids is 1. The quantitative estimate of drug-likeness (QED) is 0.713. The number of alkyl halides is 2. The zero-order valence-corrected chi connectivity index (χ0v) is 6.52. The van der Waals surface area contributed by atoms with E-state index in [2.05, 4.69) is 0 Å². The van der Waals surface area contributed by atoms with Crippen molar-refractivity contribution in [1.29, 1.82) is 0 Å². The van der Waals surface area contributed by atoms with Gasteiger partial charge in [-0.25, -0.2) is 8.78 Å². The van der Waals surface area contributed by atoms with Gasteiger partial charge in [-0.1, -0.05) is 0 Å². The molecule has 0 aromatic rings. The van der Waals surface area contributed by atoms with E-state index in [4.69, 9.17) is 5.11 Å². The van der Waals surface area contributed by atoms with Crippen molar-refractivity contribution in [1.82, 2.24) is 0 Å². The van der Waals surface area contributed by atoms with Crippen LogP contribution in [0.5, 0.6) is 0 Å². The Morgan fingerprint density at radius 3 is 2.25 bits per heavy atom. The van der Waals surface area contributed by atoms with Crippen molar-refractivity contribution in [2.75, 3.05) is 0 Å². The van der Waals surface area contributed by atoms with E-state index in [-0.39, 0.29) is 11.8 Å². The van der Waals surface area contributed by atoms with Gasteiger partial charge in [0.25, 0.3) is 0 Å². The molecule has 4 heteroatoms. The van der Waals surface area contributed by atoms with Crippen LogP contribution < -0.4 is 0 Å². The van der Waals surface area contributed by atoms with Gasteiger partial charge in [-0.3, -0.25) is 4.79 Å². The number of hydrogen-bond donors (Lipinski definition) is 1. The van der Waals surface area contributed by atoms with Crippen LogP contribution in [0.25, 0.3) is 0 Å². The monoisotopic (exact) mass is 176 g/mol. The van der Waals surface area contributed by atoms with Crippen LogP contribution >= 0.6 is 0 Å². The van der Waals surface area contributed by atoms with E-state index in [0.717, 1.165) is 0 Å². The minimum Gasteiger partial charge on any atom is -0.481 e. The summed E-state index contributed by atoms with van der Waals surface area (Å²) in [7, 11) is 0. The molecule has 0 atom stereocenters. The summed E-state index contributed by atoms with van der Waals surface area (Å²) in [5.74, 6) is -0.863. The standard InChI is InChI=1S/C8H10F2O2/c9-6(10)8-2-7(3-8,4-8)1-5(11)12/h6H,1-4H2,(H,11,12). The largest absolute Gasteiger partial charge is 0.481 e. The molecule has 3 aliphatic carbocycles. The molecule has 68 valence electrons. The van der Waals surface area contributed by atoms with Gasteiger partial charge in [0.2, 0.25) is 6.43 Å². The lowest BCUT2D eigenvalue weighted by atomic mass is 9.34. The maximum atomic E-state index is 12.3. The molecule has 3 aliphatic rings. The average Bonchev–Trinajstić information content (AvgIpc) is 1.72. The van der Waals surface area contributed by atoms with Crippen LogP contribution in [-0.2, 0) is 4.79 Å². The third-order valence-electron chi connectivity index (χ3n) is 3.17. The molecule has 0 aromatic heterocycles. The first-order valence-electron chi connectivity index (χ1n) is 3.98. The molecule has 0 heterocycles. The lowest BCUT2D eigenvalue weighted by molar-refractivity contribution is -0.268. The second-order valence-corrected chi connectivity index (χ2v) is 4.26. The summed E-state index contributed by atoms with van der Waals surface area (Å²) in [4.78, 5) is 10.3. The number of carboxylic acid groups (broad SMARTS) is 1. The highest BCUT2D eigenvalue weighted by Crippen LogP contribution is 2.76. The molecular formula is C8H10F2O2. The first-order valence-corrected chi connectivity index (χ1v) is 3.98. The van der Waals surface area contributed by atoms with Crippen molar-refractivity contribution in [2.24, 2.45) is 10.8 Å². The maximum absolute atomic E-state index is 12.3. The van der Waals surface area contributed by atoms with Gasteiger partial charge in [0.15, 0.2) is 0 Å². The molecule has 2 nitrogen and oxygen atoms in total. The molecule has 0 amide bonds. The SMILES string of the molecule is O=C(O)CC12CC(C(F)F)(C1)C2. The first kappa shape index (κ1) is 7.95. The van der Waals surface area contributed by atoms with E-state index in [1.165, 1.54) is 0 Å². The lowest BCUT2D eigenvalue weighted by Crippen LogP contribution is -2.65. The van der Waals surface area contributed by atoms with E-state index in [0.29, 0.717) is 19.3 Å². The number of rotatable bonds is 3. The normalized spacial score (nSPS) is 43.6. The topological polar surface area (TPSA) is 37.3 Å². The summed E-state index contributed by atoms with van der Waals surface area (Å²) in [6.07, 6.45) is -0.924. The molecule has 0 aliphatic heterocycles. The molecule has 0 radical (unpaired) electrons. The van der Waals surface area contributed by atoms with Gasteiger partial charge in [0.1, 0.15) is 0 Å². The summed E-state index contributed by atoms with van der Waals surface area (Å²) in [5, 5.41) is 8.47. The van der Waals surface area contributed by atoms with Gasteiger partial charge in [0.05, 0.1) is 6.42 Å². The third-order valence-corrected chi connectivity index (χ3v) is 3.17. The van der Waals surface area contributed by atoms with E-state index in [9.17, 15) is 13.6 Å². The van der Waals surface area contributed by atoms with Crippen LogP contribution in [0.4, 0.5) is 8.78 Å². The second-order valence-electron chi connectivity index (χ2n) is 4.26. The molecule has 0 aromatic carbocycles. The van der Waals surface area contributed by atoms with Crippen LogP contribution in [0, 0.1) is 10.8 Å². The van der Waals surface area contributed by atoms with Crippen LogP contribution in [0.2, 0.25) is 0 Å². The first-order chi connectivity index (χ1) is 5.48. The zero-order valence-electron chi connectivity index (χ0n) is 6.52. The van der Waals surface area contributed by atoms with Crippen molar-refractivity contribution < 1.29 is 18.7 Å². The third kappa shape index (κ3) is 0.807. The predicted octanol–water partition coefficient (Wildman–Crippen LogP) is 1.90. The Morgan fingerprint density at radius 2 is 1.92 bits per heavy atom. The van der Waals surface area contributed by atoms with Crippen LogP contribution in [-0.4, -0.2) is 17.5 Å². The lowest BCUT2D eigenvalue weighted by Gasteiger charge is -2.69. The minimum atomic E-state index is -2.26. The Balaban J connectivity index is 1.91. The number of hydrogen-bond acceptors (Lipinski definition) is 1. The Hall–Kier alpha value is -0.670. The molecule has 12 heavy (non-hydrogen) atoms. The zero-order chi connectivity index (χ0) is 8.98. The molecule has 0 spiro atoms. The van der Waals surface area contributed by atoms with Crippen molar-refractivity contribution in [3.63, 3.8) is 0 Å². The molecule has 1 N–H and O–H groups in total. The molecule has 2 bridgehead atoms. The van der Waals surface area contributed by atoms with Crippen molar-refractivity contribution >= 4 is 5.97 Å². The fraction of sp³-hybridized carbons (Fsp3) is 0.875. The average molecular weight is 176 g/mol. The number of carbonyl (C=O) groups is 1. The van der Waals surface area contributed by atoms with Crippen LogP contribution in [0.15, 0.2) is 0 Å². The molecule has 3 saturated carbocycles. The summed E-state index contributed by atoms with van der Waals surface area (Å²) >= 11 is 0. The van der Waals surface area contributed by atoms with E-state index < -0.39 is 17.8 Å². The fourth-order valence-corrected chi connectivity index (χ4v) is 2.82. The Kier molecular flexibility index (Phi) is 1.31. The highest BCUT2D eigenvalue weighted by atomic mass is 19.3. The number of aliphatic carboxylic acids is 1. The van der Waals surface area contributed by atoms with Crippen molar-refractivity contribution in [3.05, 3.63) is 0 Å². The van der Waals surface area contributed by atoms with Gasteiger partial charge in [0, 0.05) is 5.41 Å². The molecular weight excluding hydrogens is 166 g/mol. The van der Waals surface area contributed by atoms with Gasteiger partial charge in [-0.2, -0.15) is 0 Å². The molecule has 0 unspecified atom stereocenters. The van der Waals surface area contributed by atoms with Gasteiger partial charge in [-0.05, 0) is 24.7 Å².